The van der Waals surface area contributed by atoms with Gasteiger partial charge in [0.15, 0.2) is 5.84 Å². The summed E-state index contributed by atoms with van der Waals surface area (Å²) in [5.74, 6) is -0.165. The SMILES string of the molecule is CCCN(CC(N)=NO)C(=O)c1cccnc1. The quantitative estimate of drug-likeness (QED) is 0.340. The minimum absolute atomic E-state index is 0.00990. The molecule has 0 aliphatic rings. The molecule has 6 heteroatoms. The zero-order chi connectivity index (χ0) is 12.7. The normalized spacial score (nSPS) is 11.2. The van der Waals surface area contributed by atoms with E-state index >= 15 is 0 Å². The summed E-state index contributed by atoms with van der Waals surface area (Å²) in [4.78, 5) is 17.5. The molecule has 0 bridgehead atoms. The molecular formula is C11H16N4O2. The number of amidine groups is 1. The zero-order valence-corrected chi connectivity index (χ0v) is 9.71. The van der Waals surface area contributed by atoms with Gasteiger partial charge in [0.25, 0.3) is 5.91 Å². The van der Waals surface area contributed by atoms with Crippen molar-refractivity contribution in [1.82, 2.24) is 9.88 Å². The van der Waals surface area contributed by atoms with Crippen molar-refractivity contribution < 1.29 is 10.0 Å². The number of aromatic nitrogens is 1. The second-order valence-electron chi connectivity index (χ2n) is 3.56. The number of hydrogen-bond acceptors (Lipinski definition) is 4. The van der Waals surface area contributed by atoms with E-state index in [1.54, 1.807) is 18.3 Å². The maximum Gasteiger partial charge on any atom is 0.255 e. The molecule has 92 valence electrons. The Kier molecular flexibility index (Phi) is 4.93. The van der Waals surface area contributed by atoms with Crippen molar-refractivity contribution in [3.8, 4) is 0 Å². The number of carbonyl (C=O) groups excluding carboxylic acids is 1. The summed E-state index contributed by atoms with van der Waals surface area (Å²) in [7, 11) is 0. The predicted octanol–water partition coefficient (Wildman–Crippen LogP) is 0.680. The molecule has 0 saturated heterocycles. The third-order valence-electron chi connectivity index (χ3n) is 2.17. The highest BCUT2D eigenvalue weighted by Gasteiger charge is 2.16. The number of pyridine rings is 1. The molecule has 0 fully saturated rings. The average molecular weight is 236 g/mol. The van der Waals surface area contributed by atoms with Crippen LogP contribution in [0.2, 0.25) is 0 Å². The van der Waals surface area contributed by atoms with Crippen LogP contribution in [0.3, 0.4) is 0 Å². The smallest absolute Gasteiger partial charge is 0.255 e. The molecule has 0 unspecified atom stereocenters. The van der Waals surface area contributed by atoms with Crippen LogP contribution in [0.5, 0.6) is 0 Å². The Labute approximate surface area is 99.7 Å². The molecule has 1 aromatic rings. The number of oxime groups is 1. The maximum absolute atomic E-state index is 12.1. The van der Waals surface area contributed by atoms with Crippen molar-refractivity contribution in [2.24, 2.45) is 10.9 Å². The van der Waals surface area contributed by atoms with Gasteiger partial charge >= 0.3 is 0 Å². The van der Waals surface area contributed by atoms with E-state index in [0.717, 1.165) is 6.42 Å². The summed E-state index contributed by atoms with van der Waals surface area (Å²) in [6, 6.07) is 3.38. The summed E-state index contributed by atoms with van der Waals surface area (Å²) in [5, 5.41) is 11.4. The molecule has 0 spiro atoms. The lowest BCUT2D eigenvalue weighted by atomic mass is 10.2. The lowest BCUT2D eigenvalue weighted by molar-refractivity contribution is 0.0778. The highest BCUT2D eigenvalue weighted by atomic mass is 16.4. The summed E-state index contributed by atoms with van der Waals surface area (Å²) in [5.41, 5.74) is 5.90. The Morgan fingerprint density at radius 1 is 1.65 bits per heavy atom. The molecule has 1 aromatic heterocycles. The Balaban J connectivity index is 2.80. The van der Waals surface area contributed by atoms with Crippen LogP contribution in [0.4, 0.5) is 0 Å². The minimum atomic E-state index is -0.174. The third-order valence-corrected chi connectivity index (χ3v) is 2.17. The Morgan fingerprint density at radius 3 is 2.94 bits per heavy atom. The Hall–Kier alpha value is -2.11. The van der Waals surface area contributed by atoms with Crippen molar-refractivity contribution >= 4 is 11.7 Å². The van der Waals surface area contributed by atoms with Crippen LogP contribution in [-0.4, -0.2) is 39.9 Å². The first-order valence-electron chi connectivity index (χ1n) is 5.34. The van der Waals surface area contributed by atoms with E-state index in [0.29, 0.717) is 12.1 Å². The predicted molar refractivity (Wildman–Crippen MR) is 63.8 cm³/mol. The molecule has 0 aromatic carbocycles. The van der Waals surface area contributed by atoms with E-state index in [2.05, 4.69) is 10.1 Å². The molecular weight excluding hydrogens is 220 g/mol. The van der Waals surface area contributed by atoms with E-state index in [-0.39, 0.29) is 18.3 Å². The number of nitrogens with two attached hydrogens (primary N) is 1. The van der Waals surface area contributed by atoms with Crippen LogP contribution in [0.1, 0.15) is 23.7 Å². The van der Waals surface area contributed by atoms with Crippen LogP contribution < -0.4 is 5.73 Å². The molecule has 17 heavy (non-hydrogen) atoms. The number of hydrogen-bond donors (Lipinski definition) is 2. The molecule has 0 atom stereocenters. The topological polar surface area (TPSA) is 91.8 Å². The van der Waals surface area contributed by atoms with Gasteiger partial charge in [0.1, 0.15) is 0 Å². The first-order chi connectivity index (χ1) is 8.19. The van der Waals surface area contributed by atoms with Gasteiger partial charge in [0.05, 0.1) is 12.1 Å². The first kappa shape index (κ1) is 13.0. The molecule has 6 nitrogen and oxygen atoms in total. The van der Waals surface area contributed by atoms with Gasteiger partial charge in [0.2, 0.25) is 0 Å². The van der Waals surface area contributed by atoms with Gasteiger partial charge < -0.3 is 15.8 Å². The van der Waals surface area contributed by atoms with Gasteiger partial charge in [-0.2, -0.15) is 0 Å². The van der Waals surface area contributed by atoms with E-state index in [9.17, 15) is 4.79 Å². The van der Waals surface area contributed by atoms with E-state index in [1.165, 1.54) is 11.1 Å². The number of nitrogens with zero attached hydrogens (tertiary/aromatic N) is 3. The first-order valence-corrected chi connectivity index (χ1v) is 5.34. The van der Waals surface area contributed by atoms with Crippen molar-refractivity contribution in [2.75, 3.05) is 13.1 Å². The van der Waals surface area contributed by atoms with Crippen LogP contribution in [0, 0.1) is 0 Å². The van der Waals surface area contributed by atoms with Crippen molar-refractivity contribution in [1.29, 1.82) is 0 Å². The van der Waals surface area contributed by atoms with Gasteiger partial charge in [-0.25, -0.2) is 0 Å². The maximum atomic E-state index is 12.1. The highest BCUT2D eigenvalue weighted by molar-refractivity contribution is 5.96. The second-order valence-corrected chi connectivity index (χ2v) is 3.56. The second kappa shape index (κ2) is 6.47. The monoisotopic (exact) mass is 236 g/mol. The fourth-order valence-corrected chi connectivity index (χ4v) is 1.42. The molecule has 0 radical (unpaired) electrons. The van der Waals surface area contributed by atoms with Crippen molar-refractivity contribution in [2.45, 2.75) is 13.3 Å². The average Bonchev–Trinajstić information content (AvgIpc) is 2.38. The standard InChI is InChI=1S/C11H16N4O2/c1-2-6-15(8-10(12)14-17)11(16)9-4-3-5-13-7-9/h3-5,7,17H,2,6,8H2,1H3,(H2,12,14). The lowest BCUT2D eigenvalue weighted by Gasteiger charge is -2.21. The van der Waals surface area contributed by atoms with Gasteiger partial charge in [-0.05, 0) is 18.6 Å². The number of carbonyl (C=O) groups is 1. The van der Waals surface area contributed by atoms with Crippen LogP contribution in [-0.2, 0) is 0 Å². The molecule has 0 aliphatic heterocycles. The summed E-state index contributed by atoms with van der Waals surface area (Å²) >= 11 is 0. The van der Waals surface area contributed by atoms with E-state index < -0.39 is 0 Å². The number of rotatable bonds is 5. The summed E-state index contributed by atoms with van der Waals surface area (Å²) in [6.45, 7) is 2.61. The van der Waals surface area contributed by atoms with E-state index in [1.807, 2.05) is 6.92 Å². The molecule has 1 amide bonds. The molecule has 3 N–H and O–H groups in total. The van der Waals surface area contributed by atoms with Crippen LogP contribution >= 0.6 is 0 Å². The summed E-state index contributed by atoms with van der Waals surface area (Å²) < 4.78 is 0. The van der Waals surface area contributed by atoms with Gasteiger partial charge in [-0.1, -0.05) is 12.1 Å². The van der Waals surface area contributed by atoms with Gasteiger partial charge in [-0.15, -0.1) is 0 Å². The van der Waals surface area contributed by atoms with Crippen LogP contribution in [0.15, 0.2) is 29.7 Å². The Morgan fingerprint density at radius 2 is 2.41 bits per heavy atom. The highest BCUT2D eigenvalue weighted by Crippen LogP contribution is 2.03. The Bertz CT molecular complexity index is 392. The molecule has 1 heterocycles. The minimum Gasteiger partial charge on any atom is -0.409 e. The fourth-order valence-electron chi connectivity index (χ4n) is 1.42. The van der Waals surface area contributed by atoms with E-state index in [4.69, 9.17) is 10.9 Å². The fraction of sp³-hybridized carbons (Fsp3) is 0.364. The molecule has 0 saturated carbocycles. The van der Waals surface area contributed by atoms with Crippen molar-refractivity contribution in [3.63, 3.8) is 0 Å². The van der Waals surface area contributed by atoms with Crippen LogP contribution in [0.25, 0.3) is 0 Å². The molecule has 0 aliphatic carbocycles. The molecule has 1 rings (SSSR count). The number of amides is 1. The third kappa shape index (κ3) is 3.75. The largest absolute Gasteiger partial charge is 0.409 e. The van der Waals surface area contributed by atoms with Gasteiger partial charge in [-0.3, -0.25) is 9.78 Å². The zero-order valence-electron chi connectivity index (χ0n) is 9.71. The van der Waals surface area contributed by atoms with Crippen molar-refractivity contribution in [3.05, 3.63) is 30.1 Å². The van der Waals surface area contributed by atoms with Gasteiger partial charge in [0, 0.05) is 18.9 Å². The lowest BCUT2D eigenvalue weighted by Crippen LogP contribution is -2.39. The summed E-state index contributed by atoms with van der Waals surface area (Å²) in [6.07, 6.45) is 3.90.